The standard InChI is InChI=1S/C16H23N3/c1-13-7-8-15(19-10-4-5-11-19)14(12-13)18-16-6-2-3-9-17-16/h7-8,12H,2-6,9-11H2,1H3,(H,17,18). The number of nitrogens with zero attached hydrogens (tertiary/aromatic N) is 2. The molecule has 2 aliphatic heterocycles. The highest BCUT2D eigenvalue weighted by atomic mass is 15.2. The molecule has 0 radical (unpaired) electrons. The summed E-state index contributed by atoms with van der Waals surface area (Å²) in [6.45, 7) is 5.57. The molecule has 0 saturated carbocycles. The van der Waals surface area contributed by atoms with Crippen molar-refractivity contribution in [2.75, 3.05) is 24.5 Å². The van der Waals surface area contributed by atoms with Crippen LogP contribution in [0.1, 0.15) is 37.7 Å². The van der Waals surface area contributed by atoms with Crippen LogP contribution in [0.5, 0.6) is 0 Å². The second kappa shape index (κ2) is 5.64. The summed E-state index contributed by atoms with van der Waals surface area (Å²) in [5.41, 5.74) is 3.74. The average Bonchev–Trinajstić information content (AvgIpc) is 2.94. The second-order valence-electron chi connectivity index (χ2n) is 5.63. The van der Waals surface area contributed by atoms with Crippen molar-refractivity contribution < 1.29 is 0 Å². The first-order valence-corrected chi connectivity index (χ1v) is 7.50. The van der Waals surface area contributed by atoms with Gasteiger partial charge in [-0.15, -0.1) is 0 Å². The summed E-state index contributed by atoms with van der Waals surface area (Å²) >= 11 is 0. The number of hydrogen-bond donors (Lipinski definition) is 1. The molecule has 0 amide bonds. The van der Waals surface area contributed by atoms with Crippen LogP contribution in [0.15, 0.2) is 23.2 Å². The van der Waals surface area contributed by atoms with Gasteiger partial charge in [0.25, 0.3) is 0 Å². The molecule has 1 N–H and O–H groups in total. The molecule has 19 heavy (non-hydrogen) atoms. The molecule has 2 heterocycles. The van der Waals surface area contributed by atoms with E-state index in [1.165, 1.54) is 50.0 Å². The summed E-state index contributed by atoms with van der Waals surface area (Å²) in [7, 11) is 0. The van der Waals surface area contributed by atoms with Gasteiger partial charge >= 0.3 is 0 Å². The van der Waals surface area contributed by atoms with E-state index in [1.54, 1.807) is 0 Å². The van der Waals surface area contributed by atoms with E-state index in [4.69, 9.17) is 4.99 Å². The number of hydrogen-bond acceptors (Lipinski definition) is 2. The molecule has 0 atom stereocenters. The molecule has 0 unspecified atom stereocenters. The van der Waals surface area contributed by atoms with Crippen molar-refractivity contribution in [1.29, 1.82) is 0 Å². The predicted molar refractivity (Wildman–Crippen MR) is 81.6 cm³/mol. The molecule has 0 bridgehead atoms. The van der Waals surface area contributed by atoms with Crippen LogP contribution in [0.4, 0.5) is 11.4 Å². The first-order valence-electron chi connectivity index (χ1n) is 7.50. The van der Waals surface area contributed by atoms with Crippen LogP contribution in [0.25, 0.3) is 0 Å². The van der Waals surface area contributed by atoms with E-state index in [0.717, 1.165) is 24.5 Å². The molecule has 3 heteroatoms. The number of aryl methyl sites for hydroxylation is 1. The monoisotopic (exact) mass is 257 g/mol. The number of amidine groups is 1. The fourth-order valence-electron chi connectivity index (χ4n) is 2.93. The molecule has 0 aromatic heterocycles. The van der Waals surface area contributed by atoms with Crippen molar-refractivity contribution in [3.63, 3.8) is 0 Å². The van der Waals surface area contributed by atoms with Gasteiger partial charge in [-0.3, -0.25) is 0 Å². The van der Waals surface area contributed by atoms with Gasteiger partial charge in [-0.1, -0.05) is 6.07 Å². The molecule has 1 aromatic carbocycles. The Balaban J connectivity index is 1.91. The topological polar surface area (TPSA) is 27.6 Å². The Labute approximate surface area is 115 Å². The molecule has 0 spiro atoms. The van der Waals surface area contributed by atoms with Crippen molar-refractivity contribution >= 4 is 17.2 Å². The Morgan fingerprint density at radius 3 is 2.68 bits per heavy atom. The zero-order valence-corrected chi connectivity index (χ0v) is 11.8. The SMILES string of the molecule is Cc1ccc(N2CCCC2)c(/N=C2\CCCCN2)c1. The quantitative estimate of drug-likeness (QED) is 0.879. The molecule has 0 aliphatic carbocycles. The minimum atomic E-state index is 1.07. The molecular weight excluding hydrogens is 234 g/mol. The fraction of sp³-hybridized carbons (Fsp3) is 0.562. The maximum atomic E-state index is 4.89. The minimum absolute atomic E-state index is 1.07. The number of rotatable bonds is 2. The van der Waals surface area contributed by atoms with E-state index in [-0.39, 0.29) is 0 Å². The largest absolute Gasteiger partial charge is 0.374 e. The summed E-state index contributed by atoms with van der Waals surface area (Å²) in [6, 6.07) is 6.66. The summed E-state index contributed by atoms with van der Waals surface area (Å²) < 4.78 is 0. The maximum absolute atomic E-state index is 4.89. The molecular formula is C16H23N3. The van der Waals surface area contributed by atoms with Gasteiger partial charge in [-0.05, 0) is 50.3 Å². The van der Waals surface area contributed by atoms with E-state index >= 15 is 0 Å². The van der Waals surface area contributed by atoms with Crippen molar-refractivity contribution in [1.82, 2.24) is 5.32 Å². The molecule has 2 aliphatic rings. The zero-order chi connectivity index (χ0) is 13.1. The van der Waals surface area contributed by atoms with E-state index in [1.807, 2.05) is 0 Å². The lowest BCUT2D eigenvalue weighted by molar-refractivity contribution is 0.669. The summed E-state index contributed by atoms with van der Waals surface area (Å²) in [4.78, 5) is 7.36. The lowest BCUT2D eigenvalue weighted by Crippen LogP contribution is -2.28. The first kappa shape index (κ1) is 12.5. The molecule has 1 aromatic rings. The number of piperidine rings is 1. The van der Waals surface area contributed by atoms with Crippen molar-refractivity contribution in [2.24, 2.45) is 4.99 Å². The van der Waals surface area contributed by atoms with Crippen LogP contribution in [0.2, 0.25) is 0 Å². The number of nitrogens with one attached hydrogen (secondary N) is 1. The van der Waals surface area contributed by atoms with Crippen LogP contribution in [0.3, 0.4) is 0 Å². The third-order valence-electron chi connectivity index (χ3n) is 4.00. The highest BCUT2D eigenvalue weighted by Crippen LogP contribution is 2.32. The normalized spacial score (nSPS) is 21.7. The Morgan fingerprint density at radius 2 is 1.95 bits per heavy atom. The van der Waals surface area contributed by atoms with E-state index in [9.17, 15) is 0 Å². The van der Waals surface area contributed by atoms with Gasteiger partial charge in [0.05, 0.1) is 11.4 Å². The van der Waals surface area contributed by atoms with E-state index in [0.29, 0.717) is 0 Å². The Kier molecular flexibility index (Phi) is 3.72. The maximum Gasteiger partial charge on any atom is 0.102 e. The molecule has 2 fully saturated rings. The zero-order valence-electron chi connectivity index (χ0n) is 11.8. The van der Waals surface area contributed by atoms with E-state index in [2.05, 4.69) is 35.3 Å². The van der Waals surface area contributed by atoms with Crippen LogP contribution in [-0.4, -0.2) is 25.5 Å². The predicted octanol–water partition coefficient (Wildman–Crippen LogP) is 3.40. The molecule has 102 valence electrons. The summed E-state index contributed by atoms with van der Waals surface area (Å²) in [6.07, 6.45) is 6.24. The Bertz CT molecular complexity index is 465. The minimum Gasteiger partial charge on any atom is -0.374 e. The van der Waals surface area contributed by atoms with Gasteiger partial charge in [0.2, 0.25) is 0 Å². The Hall–Kier alpha value is -1.51. The average molecular weight is 257 g/mol. The van der Waals surface area contributed by atoms with Crippen LogP contribution in [-0.2, 0) is 0 Å². The fourth-order valence-corrected chi connectivity index (χ4v) is 2.93. The highest BCUT2D eigenvalue weighted by Gasteiger charge is 2.16. The van der Waals surface area contributed by atoms with Crippen molar-refractivity contribution in [3.05, 3.63) is 23.8 Å². The lowest BCUT2D eigenvalue weighted by Gasteiger charge is -2.21. The van der Waals surface area contributed by atoms with Crippen molar-refractivity contribution in [2.45, 2.75) is 39.0 Å². The highest BCUT2D eigenvalue weighted by molar-refractivity contribution is 5.87. The van der Waals surface area contributed by atoms with Gasteiger partial charge in [-0.25, -0.2) is 4.99 Å². The van der Waals surface area contributed by atoms with Gasteiger partial charge in [0.1, 0.15) is 5.84 Å². The lowest BCUT2D eigenvalue weighted by atomic mass is 10.1. The summed E-state index contributed by atoms with van der Waals surface area (Å²) in [5.74, 6) is 1.16. The van der Waals surface area contributed by atoms with Gasteiger partial charge in [0, 0.05) is 26.1 Å². The van der Waals surface area contributed by atoms with Crippen LogP contribution in [0, 0.1) is 6.92 Å². The van der Waals surface area contributed by atoms with Gasteiger partial charge < -0.3 is 10.2 Å². The Morgan fingerprint density at radius 1 is 1.11 bits per heavy atom. The number of aliphatic imine (C=N–C) groups is 1. The van der Waals surface area contributed by atoms with E-state index < -0.39 is 0 Å². The molecule has 3 nitrogen and oxygen atoms in total. The van der Waals surface area contributed by atoms with Crippen molar-refractivity contribution in [3.8, 4) is 0 Å². The summed E-state index contributed by atoms with van der Waals surface area (Å²) in [5, 5.41) is 3.44. The third-order valence-corrected chi connectivity index (χ3v) is 4.00. The number of benzene rings is 1. The molecule has 3 rings (SSSR count). The molecule has 2 saturated heterocycles. The first-order chi connectivity index (χ1) is 9.33. The smallest absolute Gasteiger partial charge is 0.102 e. The van der Waals surface area contributed by atoms with Gasteiger partial charge in [-0.2, -0.15) is 0 Å². The van der Waals surface area contributed by atoms with Gasteiger partial charge in [0.15, 0.2) is 0 Å². The number of anilines is 1. The second-order valence-corrected chi connectivity index (χ2v) is 5.63. The van der Waals surface area contributed by atoms with Crippen LogP contribution < -0.4 is 10.2 Å². The third kappa shape index (κ3) is 2.91. The van der Waals surface area contributed by atoms with Crippen LogP contribution >= 0.6 is 0 Å².